The summed E-state index contributed by atoms with van der Waals surface area (Å²) in [6, 6.07) is 15.5. The maximum absolute atomic E-state index is 12.9. The molecule has 1 aliphatic rings. The molecule has 7 nitrogen and oxygen atoms in total. The van der Waals surface area contributed by atoms with Gasteiger partial charge in [-0.3, -0.25) is 0 Å². The summed E-state index contributed by atoms with van der Waals surface area (Å²) < 4.78 is 13.2. The first-order valence-corrected chi connectivity index (χ1v) is 10.4. The monoisotopic (exact) mass is 418 g/mol. The first-order chi connectivity index (χ1) is 15.1. The topological polar surface area (TPSA) is 78.3 Å². The van der Waals surface area contributed by atoms with Gasteiger partial charge in [0.1, 0.15) is 24.7 Å². The number of esters is 1. The van der Waals surface area contributed by atoms with Crippen molar-refractivity contribution in [3.8, 4) is 5.75 Å². The number of fused-ring (bicyclic) bond motifs is 1. The Hall–Kier alpha value is -3.61. The molecule has 0 radical (unpaired) electrons. The number of nitrogens with one attached hydrogen (secondary N) is 1. The van der Waals surface area contributed by atoms with Crippen LogP contribution in [0, 0.1) is 6.92 Å². The number of nitrogens with zero attached hydrogens (tertiary/aromatic N) is 3. The Bertz CT molecular complexity index is 1100. The molecule has 160 valence electrons. The van der Waals surface area contributed by atoms with E-state index >= 15 is 0 Å². The Kier molecular flexibility index (Phi) is 6.02. The molecule has 0 spiro atoms. The molecule has 1 atom stereocenters. The van der Waals surface area contributed by atoms with Crippen molar-refractivity contribution in [3.63, 3.8) is 0 Å². The second-order valence-corrected chi connectivity index (χ2v) is 7.58. The number of hydrogen-bond acceptors (Lipinski definition) is 6. The summed E-state index contributed by atoms with van der Waals surface area (Å²) in [7, 11) is 0. The number of anilines is 1. The lowest BCUT2D eigenvalue weighted by Crippen LogP contribution is -2.29. The summed E-state index contributed by atoms with van der Waals surface area (Å²) in [6.45, 7) is 6.71. The molecule has 1 N–H and O–H groups in total. The summed E-state index contributed by atoms with van der Waals surface area (Å²) in [5, 5.41) is 7.50. The molecular weight excluding hydrogens is 392 g/mol. The molecule has 3 aromatic rings. The molecule has 0 bridgehead atoms. The fourth-order valence-electron chi connectivity index (χ4n) is 3.56. The van der Waals surface area contributed by atoms with E-state index in [1.54, 1.807) is 4.68 Å². The minimum atomic E-state index is -0.453. The molecular formula is C24H26N4O3. The minimum absolute atomic E-state index is 0.357. The van der Waals surface area contributed by atoms with Gasteiger partial charge in [-0.05, 0) is 43.5 Å². The zero-order valence-electron chi connectivity index (χ0n) is 18.0. The number of ether oxygens (including phenoxy) is 2. The molecule has 0 saturated carbocycles. The zero-order chi connectivity index (χ0) is 21.8. The molecule has 1 aliphatic heterocycles. The van der Waals surface area contributed by atoms with E-state index in [2.05, 4.69) is 46.6 Å². The average molecular weight is 418 g/mol. The Morgan fingerprint density at radius 2 is 1.97 bits per heavy atom. The number of carbonyl (C=O) groups excluding carboxylic acids is 1. The third kappa shape index (κ3) is 4.45. The lowest BCUT2D eigenvalue weighted by Gasteiger charge is -2.28. The molecule has 4 rings (SSSR count). The molecule has 7 heteroatoms. The SMILES string of the molecule is CCCOC(=O)C1=C(C)Nc2ncnn2C1c1cccc(OCc2ccc(C)cc2)c1. The fraction of sp³-hybridized carbons (Fsp3) is 0.292. The molecule has 1 unspecified atom stereocenters. The van der Waals surface area contributed by atoms with Crippen molar-refractivity contribution in [2.45, 2.75) is 39.8 Å². The molecule has 2 aromatic carbocycles. The van der Waals surface area contributed by atoms with Gasteiger partial charge >= 0.3 is 5.97 Å². The molecule has 0 amide bonds. The van der Waals surface area contributed by atoms with Gasteiger partial charge in [0, 0.05) is 5.70 Å². The smallest absolute Gasteiger partial charge is 0.338 e. The van der Waals surface area contributed by atoms with Crippen LogP contribution in [0.1, 0.15) is 43.0 Å². The highest BCUT2D eigenvalue weighted by Crippen LogP contribution is 2.36. The minimum Gasteiger partial charge on any atom is -0.489 e. The molecule has 1 aromatic heterocycles. The van der Waals surface area contributed by atoms with E-state index in [1.165, 1.54) is 11.9 Å². The maximum Gasteiger partial charge on any atom is 0.338 e. The van der Waals surface area contributed by atoms with Gasteiger partial charge in [-0.15, -0.1) is 0 Å². The van der Waals surface area contributed by atoms with Crippen LogP contribution in [0.15, 0.2) is 66.1 Å². The van der Waals surface area contributed by atoms with E-state index in [-0.39, 0.29) is 5.97 Å². The van der Waals surface area contributed by atoms with Crippen LogP contribution in [0.4, 0.5) is 5.95 Å². The van der Waals surface area contributed by atoms with E-state index in [0.29, 0.717) is 30.4 Å². The van der Waals surface area contributed by atoms with Crippen LogP contribution >= 0.6 is 0 Å². The summed E-state index contributed by atoms with van der Waals surface area (Å²) in [6.07, 6.45) is 2.23. The molecule has 2 heterocycles. The number of benzene rings is 2. The Morgan fingerprint density at radius 1 is 1.16 bits per heavy atom. The second kappa shape index (κ2) is 9.04. The lowest BCUT2D eigenvalue weighted by atomic mass is 9.95. The number of aromatic nitrogens is 3. The van der Waals surface area contributed by atoms with Crippen molar-refractivity contribution in [2.75, 3.05) is 11.9 Å². The third-order valence-corrected chi connectivity index (χ3v) is 5.15. The number of hydrogen-bond donors (Lipinski definition) is 1. The number of rotatable bonds is 7. The van der Waals surface area contributed by atoms with E-state index in [4.69, 9.17) is 9.47 Å². The standard InChI is InChI=1S/C24H26N4O3/c1-4-12-30-23(29)21-17(3)27-24-25-15-26-28(24)22(21)19-6-5-7-20(13-19)31-14-18-10-8-16(2)9-11-18/h5-11,13,15,22H,4,12,14H2,1-3H3,(H,25,26,27). The van der Waals surface area contributed by atoms with Crippen molar-refractivity contribution >= 4 is 11.9 Å². The zero-order valence-corrected chi connectivity index (χ0v) is 18.0. The Labute approximate surface area is 181 Å². The van der Waals surface area contributed by atoms with Gasteiger partial charge in [0.05, 0.1) is 12.2 Å². The van der Waals surface area contributed by atoms with Crippen molar-refractivity contribution < 1.29 is 14.3 Å². The summed E-state index contributed by atoms with van der Waals surface area (Å²) in [5.41, 5.74) is 4.40. The summed E-state index contributed by atoms with van der Waals surface area (Å²) >= 11 is 0. The van der Waals surface area contributed by atoms with Gasteiger partial charge in [-0.1, -0.05) is 48.9 Å². The van der Waals surface area contributed by atoms with Crippen LogP contribution in [0.25, 0.3) is 0 Å². The highest BCUT2D eigenvalue weighted by atomic mass is 16.5. The first-order valence-electron chi connectivity index (χ1n) is 10.4. The number of allylic oxidation sites excluding steroid dienone is 1. The quantitative estimate of drug-likeness (QED) is 0.573. The molecule has 0 aliphatic carbocycles. The van der Waals surface area contributed by atoms with Crippen LogP contribution in [-0.2, 0) is 16.1 Å². The summed E-state index contributed by atoms with van der Waals surface area (Å²) in [4.78, 5) is 17.2. The van der Waals surface area contributed by atoms with Gasteiger partial charge in [-0.25, -0.2) is 9.48 Å². The Morgan fingerprint density at radius 3 is 2.74 bits per heavy atom. The average Bonchev–Trinajstić information content (AvgIpc) is 3.24. The molecule has 0 saturated heterocycles. The van der Waals surface area contributed by atoms with Crippen molar-refractivity contribution in [2.24, 2.45) is 0 Å². The van der Waals surface area contributed by atoms with Crippen LogP contribution in [-0.4, -0.2) is 27.3 Å². The molecule has 31 heavy (non-hydrogen) atoms. The van der Waals surface area contributed by atoms with Crippen molar-refractivity contribution in [1.29, 1.82) is 0 Å². The second-order valence-electron chi connectivity index (χ2n) is 7.58. The fourth-order valence-corrected chi connectivity index (χ4v) is 3.56. The number of aryl methyl sites for hydroxylation is 1. The predicted molar refractivity (Wildman–Crippen MR) is 118 cm³/mol. The van der Waals surface area contributed by atoms with Crippen LogP contribution in [0.2, 0.25) is 0 Å². The largest absolute Gasteiger partial charge is 0.489 e. The van der Waals surface area contributed by atoms with Gasteiger partial charge in [0.2, 0.25) is 5.95 Å². The van der Waals surface area contributed by atoms with Crippen molar-refractivity contribution in [1.82, 2.24) is 14.8 Å². The van der Waals surface area contributed by atoms with Crippen LogP contribution in [0.5, 0.6) is 5.75 Å². The van der Waals surface area contributed by atoms with E-state index in [0.717, 1.165) is 23.3 Å². The predicted octanol–water partition coefficient (Wildman–Crippen LogP) is 4.41. The van der Waals surface area contributed by atoms with Gasteiger partial charge in [0.25, 0.3) is 0 Å². The Balaban J connectivity index is 1.63. The maximum atomic E-state index is 12.9. The molecule has 0 fully saturated rings. The lowest BCUT2D eigenvalue weighted by molar-refractivity contribution is -0.139. The highest BCUT2D eigenvalue weighted by molar-refractivity contribution is 5.92. The summed E-state index contributed by atoms with van der Waals surface area (Å²) in [5.74, 6) is 0.946. The van der Waals surface area contributed by atoms with Gasteiger partial charge in [-0.2, -0.15) is 10.1 Å². The third-order valence-electron chi connectivity index (χ3n) is 5.15. The van der Waals surface area contributed by atoms with Crippen molar-refractivity contribution in [3.05, 3.63) is 82.8 Å². The first kappa shape index (κ1) is 20.7. The van der Waals surface area contributed by atoms with E-state index in [1.807, 2.05) is 38.1 Å². The normalized spacial score (nSPS) is 15.3. The van der Waals surface area contributed by atoms with Crippen LogP contribution in [0.3, 0.4) is 0 Å². The number of carbonyl (C=O) groups is 1. The highest BCUT2D eigenvalue weighted by Gasteiger charge is 2.34. The van der Waals surface area contributed by atoms with Gasteiger partial charge < -0.3 is 14.8 Å². The van der Waals surface area contributed by atoms with E-state index < -0.39 is 6.04 Å². The van der Waals surface area contributed by atoms with Crippen LogP contribution < -0.4 is 10.1 Å². The van der Waals surface area contributed by atoms with E-state index in [9.17, 15) is 4.79 Å². The van der Waals surface area contributed by atoms with Gasteiger partial charge in [0.15, 0.2) is 0 Å².